The van der Waals surface area contributed by atoms with E-state index in [9.17, 15) is 13.2 Å². The van der Waals surface area contributed by atoms with Crippen LogP contribution in [0.2, 0.25) is 0 Å². The Kier molecular flexibility index (Phi) is 6.58. The zero-order valence-electron chi connectivity index (χ0n) is 16.5. The number of hydrogen-bond acceptors (Lipinski definition) is 6. The van der Waals surface area contributed by atoms with Crippen molar-refractivity contribution in [3.8, 4) is 11.5 Å². The molecule has 0 aliphatic heterocycles. The topological polar surface area (TPSA) is 107 Å². The molecule has 1 aromatic carbocycles. The molecule has 0 fully saturated rings. The number of pyridine rings is 2. The van der Waals surface area contributed by atoms with Crippen LogP contribution in [0.25, 0.3) is 0 Å². The van der Waals surface area contributed by atoms with Crippen molar-refractivity contribution in [3.63, 3.8) is 0 Å². The fourth-order valence-electron chi connectivity index (χ4n) is 2.77. The summed E-state index contributed by atoms with van der Waals surface area (Å²) in [5, 5.41) is 13.6. The Morgan fingerprint density at radius 2 is 1.97 bits per heavy atom. The van der Waals surface area contributed by atoms with Gasteiger partial charge in [0.05, 0.1) is 0 Å². The number of nitrogens with one attached hydrogen (secondary N) is 3. The lowest BCUT2D eigenvalue weighted by Gasteiger charge is -2.14. The monoisotopic (exact) mass is 428 g/mol. The maximum absolute atomic E-state index is 13.3. The number of rotatable bonds is 7. The van der Waals surface area contributed by atoms with E-state index in [1.165, 1.54) is 37.4 Å². The summed E-state index contributed by atoms with van der Waals surface area (Å²) in [4.78, 5) is 7.74. The summed E-state index contributed by atoms with van der Waals surface area (Å²) in [6, 6.07) is 13.0. The van der Waals surface area contributed by atoms with Crippen molar-refractivity contribution < 1.29 is 17.9 Å². The molecule has 0 bridgehead atoms. The van der Waals surface area contributed by atoms with Gasteiger partial charge in [-0.3, -0.25) is 5.41 Å². The van der Waals surface area contributed by atoms with E-state index in [0.29, 0.717) is 24.3 Å². The normalized spacial score (nSPS) is 11.1. The number of ether oxygens (including phenoxy) is 1. The molecule has 2 heterocycles. The van der Waals surface area contributed by atoms with Gasteiger partial charge in [0.15, 0.2) is 11.4 Å². The van der Waals surface area contributed by atoms with Gasteiger partial charge in [0.25, 0.3) is 0 Å². The van der Waals surface area contributed by atoms with Crippen molar-refractivity contribution in [1.82, 2.24) is 9.97 Å². The first-order valence-electron chi connectivity index (χ1n) is 9.24. The van der Waals surface area contributed by atoms with Crippen molar-refractivity contribution in [2.75, 3.05) is 5.32 Å². The molecule has 0 spiro atoms. The van der Waals surface area contributed by atoms with Gasteiger partial charge in [-0.2, -0.15) is 13.2 Å². The minimum atomic E-state index is -4.64. The molecule has 0 aliphatic carbocycles. The summed E-state index contributed by atoms with van der Waals surface area (Å²) in [6.45, 7) is 1.48. The van der Waals surface area contributed by atoms with E-state index in [2.05, 4.69) is 20.4 Å². The Morgan fingerprint density at radius 3 is 2.71 bits per heavy atom. The van der Waals surface area contributed by atoms with Gasteiger partial charge >= 0.3 is 6.18 Å². The predicted molar refractivity (Wildman–Crippen MR) is 109 cm³/mol. The van der Waals surface area contributed by atoms with Crippen LogP contribution in [0.5, 0.6) is 11.5 Å². The summed E-state index contributed by atoms with van der Waals surface area (Å²) in [5.41, 5.74) is 7.63. The van der Waals surface area contributed by atoms with E-state index >= 15 is 0 Å². The van der Waals surface area contributed by atoms with Crippen LogP contribution >= 0.6 is 0 Å². The predicted octanol–water partition coefficient (Wildman–Crippen LogP) is 6.28. The molecule has 7 nitrogen and oxygen atoms in total. The van der Waals surface area contributed by atoms with Gasteiger partial charge in [0, 0.05) is 30.1 Å². The van der Waals surface area contributed by atoms with Crippen LogP contribution < -0.4 is 10.1 Å². The third kappa shape index (κ3) is 6.08. The Labute approximate surface area is 176 Å². The lowest BCUT2D eigenvalue weighted by molar-refractivity contribution is -0.142. The van der Waals surface area contributed by atoms with E-state index < -0.39 is 11.9 Å². The van der Waals surface area contributed by atoms with Crippen LogP contribution in [-0.4, -0.2) is 15.8 Å². The van der Waals surface area contributed by atoms with E-state index in [4.69, 9.17) is 15.7 Å². The Morgan fingerprint density at radius 1 is 1.16 bits per heavy atom. The van der Waals surface area contributed by atoms with Crippen LogP contribution in [0.15, 0.2) is 59.8 Å². The number of aryl methyl sites for hydroxylation is 2. The average molecular weight is 428 g/mol. The lowest BCUT2D eigenvalue weighted by Crippen LogP contribution is -2.10. The average Bonchev–Trinajstić information content (AvgIpc) is 2.73. The molecular formula is C21H19F3N6O. The number of hydrogen-bond donors (Lipinski definition) is 3. The second-order valence-electron chi connectivity index (χ2n) is 6.66. The van der Waals surface area contributed by atoms with Crippen LogP contribution in [0.4, 0.5) is 24.7 Å². The van der Waals surface area contributed by atoms with Gasteiger partial charge in [-0.15, -0.1) is 5.11 Å². The number of nitrogens with zero attached hydrogens (tertiary/aromatic N) is 3. The van der Waals surface area contributed by atoms with Gasteiger partial charge in [-0.25, -0.2) is 15.5 Å². The molecule has 0 unspecified atom stereocenters. The molecular weight excluding hydrogens is 409 g/mol. The van der Waals surface area contributed by atoms with E-state index in [1.807, 2.05) is 24.3 Å². The molecule has 3 rings (SSSR count). The number of alkyl halides is 3. The van der Waals surface area contributed by atoms with E-state index in [-0.39, 0.29) is 23.0 Å². The first-order valence-corrected chi connectivity index (χ1v) is 9.24. The summed E-state index contributed by atoms with van der Waals surface area (Å²) in [6.07, 6.45) is -2.32. The zero-order chi connectivity index (χ0) is 22.4. The molecule has 0 atom stereocenters. The fourth-order valence-corrected chi connectivity index (χ4v) is 2.77. The van der Waals surface area contributed by atoms with Gasteiger partial charge < -0.3 is 10.1 Å². The highest BCUT2D eigenvalue weighted by Crippen LogP contribution is 2.37. The Hall–Kier alpha value is -3.82. The highest BCUT2D eigenvalue weighted by Gasteiger charge is 2.36. The van der Waals surface area contributed by atoms with Gasteiger partial charge in [-0.1, -0.05) is 12.1 Å². The molecule has 3 aromatic rings. The second kappa shape index (κ2) is 9.33. The quantitative estimate of drug-likeness (QED) is 0.234. The lowest BCUT2D eigenvalue weighted by atomic mass is 10.1. The molecule has 0 saturated heterocycles. The summed E-state index contributed by atoms with van der Waals surface area (Å²) in [7, 11) is 0. The third-order valence-electron chi connectivity index (χ3n) is 4.21. The van der Waals surface area contributed by atoms with Crippen LogP contribution in [0.1, 0.15) is 23.4 Å². The van der Waals surface area contributed by atoms with Crippen molar-refractivity contribution in [2.45, 2.75) is 25.9 Å². The maximum Gasteiger partial charge on any atom is 0.437 e. The zero-order valence-corrected chi connectivity index (χ0v) is 16.5. The molecule has 2 aromatic heterocycles. The second-order valence-corrected chi connectivity index (χ2v) is 6.66. The molecule has 31 heavy (non-hydrogen) atoms. The molecule has 0 saturated carbocycles. The van der Waals surface area contributed by atoms with Crippen molar-refractivity contribution in [3.05, 3.63) is 71.7 Å². The first kappa shape index (κ1) is 21.9. The van der Waals surface area contributed by atoms with E-state index in [1.54, 1.807) is 0 Å². The van der Waals surface area contributed by atoms with Crippen molar-refractivity contribution >= 4 is 17.3 Å². The van der Waals surface area contributed by atoms with Crippen LogP contribution in [0.3, 0.4) is 0 Å². The molecule has 0 amide bonds. The minimum absolute atomic E-state index is 0.00583. The van der Waals surface area contributed by atoms with Crippen LogP contribution in [0, 0.1) is 17.9 Å². The van der Waals surface area contributed by atoms with Gasteiger partial charge in [0.1, 0.15) is 17.4 Å². The van der Waals surface area contributed by atoms with Crippen molar-refractivity contribution in [2.24, 2.45) is 5.11 Å². The standard InChI is InChI=1S/C21H19F3N6O/c1-13-5-7-17(20(28-13)21(22,23)24)31-16-9-10-27-19(12-16)29-15-4-2-3-14(11-15)6-8-18(25)30-26/h2-5,7,9-12,25-26H,6,8H2,1H3,(H,27,29). The fraction of sp³-hybridized carbons (Fsp3) is 0.190. The summed E-state index contributed by atoms with van der Waals surface area (Å²) < 4.78 is 45.3. The highest BCUT2D eigenvalue weighted by molar-refractivity contribution is 5.79. The highest BCUT2D eigenvalue weighted by atomic mass is 19.4. The van der Waals surface area contributed by atoms with Crippen molar-refractivity contribution in [1.29, 1.82) is 10.9 Å². The third-order valence-corrected chi connectivity index (χ3v) is 4.21. The largest absolute Gasteiger partial charge is 0.455 e. The molecule has 160 valence electrons. The Balaban J connectivity index is 1.76. The first-order chi connectivity index (χ1) is 14.7. The van der Waals surface area contributed by atoms with Crippen LogP contribution in [-0.2, 0) is 12.6 Å². The minimum Gasteiger partial charge on any atom is -0.455 e. The number of halogens is 3. The molecule has 0 aliphatic rings. The molecule has 10 heteroatoms. The number of anilines is 2. The van der Waals surface area contributed by atoms with E-state index in [0.717, 1.165) is 5.56 Å². The Bertz CT molecular complexity index is 1100. The van der Waals surface area contributed by atoms with Gasteiger partial charge in [0.2, 0.25) is 0 Å². The SMILES string of the molecule is Cc1ccc(Oc2ccnc(Nc3cccc(CCC(=N)N=N)c3)c2)c(C(F)(F)F)n1. The maximum atomic E-state index is 13.3. The summed E-state index contributed by atoms with van der Waals surface area (Å²) >= 11 is 0. The molecule has 3 N–H and O–H groups in total. The number of aromatic nitrogens is 2. The van der Waals surface area contributed by atoms with Gasteiger partial charge in [-0.05, 0) is 49.2 Å². The smallest absolute Gasteiger partial charge is 0.437 e. The number of benzene rings is 1. The summed E-state index contributed by atoms with van der Waals surface area (Å²) in [5.74, 6) is 0.167. The molecule has 0 radical (unpaired) electrons. The number of amidine groups is 1.